The predicted molar refractivity (Wildman–Crippen MR) is 91.0 cm³/mol. The third kappa shape index (κ3) is 2.84. The largest absolute Gasteiger partial charge is 0.332 e. The molecular formula is C16H21N5O3. The van der Waals surface area contributed by atoms with Gasteiger partial charge < -0.3 is 10.6 Å². The van der Waals surface area contributed by atoms with Gasteiger partial charge in [0.25, 0.3) is 5.56 Å². The maximum absolute atomic E-state index is 12.4. The van der Waals surface area contributed by atoms with Crippen LogP contribution in [0.25, 0.3) is 11.0 Å². The fourth-order valence-corrected chi connectivity index (χ4v) is 3.15. The number of hydrogen-bond donors (Lipinski definition) is 2. The molecule has 2 aromatic heterocycles. The third-order valence-corrected chi connectivity index (χ3v) is 4.56. The van der Waals surface area contributed by atoms with E-state index < -0.39 is 11.2 Å². The Kier molecular flexibility index (Phi) is 4.23. The lowest BCUT2D eigenvalue weighted by molar-refractivity contribution is -0.120. The van der Waals surface area contributed by atoms with E-state index in [0.29, 0.717) is 22.8 Å². The highest BCUT2D eigenvalue weighted by Crippen LogP contribution is 2.19. The summed E-state index contributed by atoms with van der Waals surface area (Å²) >= 11 is 0. The maximum atomic E-state index is 12.4. The van der Waals surface area contributed by atoms with Gasteiger partial charge in [0, 0.05) is 26.1 Å². The summed E-state index contributed by atoms with van der Waals surface area (Å²) in [5.74, 6) is -0.119. The first-order valence-corrected chi connectivity index (χ1v) is 7.98. The van der Waals surface area contributed by atoms with E-state index in [1.807, 2.05) is 0 Å². The summed E-state index contributed by atoms with van der Waals surface area (Å²) in [5, 5.41) is 6.45. The van der Waals surface area contributed by atoms with Crippen LogP contribution in [-0.2, 0) is 18.9 Å². The van der Waals surface area contributed by atoms with Crippen molar-refractivity contribution in [1.29, 1.82) is 0 Å². The molecule has 0 aromatic carbocycles. The smallest absolute Gasteiger partial charge is 0.324 e. The number of piperidine rings is 1. The molecule has 0 saturated carbocycles. The highest BCUT2D eigenvalue weighted by Gasteiger charge is 2.25. The second-order valence-corrected chi connectivity index (χ2v) is 6.37. The molecule has 0 aliphatic carbocycles. The van der Waals surface area contributed by atoms with Crippen molar-refractivity contribution in [3.63, 3.8) is 0 Å². The number of aryl methyl sites for hydroxylation is 1. The molecular weight excluding hydrogens is 310 g/mol. The highest BCUT2D eigenvalue weighted by molar-refractivity contribution is 5.94. The van der Waals surface area contributed by atoms with Crippen LogP contribution < -0.4 is 21.9 Å². The molecule has 2 aromatic rings. The van der Waals surface area contributed by atoms with Crippen LogP contribution in [-0.4, -0.2) is 32.6 Å². The monoisotopic (exact) mass is 331 g/mol. The summed E-state index contributed by atoms with van der Waals surface area (Å²) in [6.45, 7) is 2.87. The van der Waals surface area contributed by atoms with Gasteiger partial charge in [-0.2, -0.15) is 0 Å². The quantitative estimate of drug-likeness (QED) is 0.805. The van der Waals surface area contributed by atoms with E-state index in [-0.39, 0.29) is 11.8 Å². The number of pyridine rings is 1. The lowest BCUT2D eigenvalue weighted by atomic mass is 9.92. The van der Waals surface area contributed by atoms with Gasteiger partial charge in [0.1, 0.15) is 5.65 Å². The van der Waals surface area contributed by atoms with Crippen molar-refractivity contribution in [2.45, 2.75) is 25.8 Å². The van der Waals surface area contributed by atoms with E-state index in [4.69, 9.17) is 0 Å². The number of rotatable bonds is 2. The first kappa shape index (κ1) is 16.4. The van der Waals surface area contributed by atoms with Crippen LogP contribution in [0.3, 0.4) is 0 Å². The van der Waals surface area contributed by atoms with Crippen molar-refractivity contribution in [2.75, 3.05) is 11.9 Å². The summed E-state index contributed by atoms with van der Waals surface area (Å²) in [5.41, 5.74) is -0.0845. The van der Waals surface area contributed by atoms with Gasteiger partial charge in [-0.25, -0.2) is 9.78 Å². The van der Waals surface area contributed by atoms with Gasteiger partial charge >= 0.3 is 5.69 Å². The molecule has 3 heterocycles. The molecule has 0 unspecified atom stereocenters. The molecule has 8 heteroatoms. The standard InChI is InChI=1S/C16H21N5O3/c1-9-6-10(4-5-17-9)14(22)19-11-7-12-13(18-8-11)20(2)16(24)21(3)15(12)23/h7-10,17H,4-6H2,1-3H3,(H,19,22)/t9-,10-/m0/s1. The number of nitrogens with zero attached hydrogens (tertiary/aromatic N) is 3. The lowest BCUT2D eigenvalue weighted by Gasteiger charge is -2.27. The van der Waals surface area contributed by atoms with E-state index in [9.17, 15) is 14.4 Å². The summed E-state index contributed by atoms with van der Waals surface area (Å²) in [7, 11) is 2.98. The van der Waals surface area contributed by atoms with Gasteiger partial charge in [-0.15, -0.1) is 0 Å². The molecule has 1 saturated heterocycles. The maximum Gasteiger partial charge on any atom is 0.332 e. The zero-order valence-electron chi connectivity index (χ0n) is 14.0. The van der Waals surface area contributed by atoms with Crippen molar-refractivity contribution < 1.29 is 4.79 Å². The molecule has 2 N–H and O–H groups in total. The van der Waals surface area contributed by atoms with Crippen molar-refractivity contribution in [3.8, 4) is 0 Å². The minimum atomic E-state index is -0.430. The summed E-state index contributed by atoms with van der Waals surface area (Å²) < 4.78 is 2.35. The second kappa shape index (κ2) is 6.20. The SMILES string of the molecule is C[C@H]1C[C@@H](C(=O)Nc2cnc3c(c2)c(=O)n(C)c(=O)n3C)CCN1. The zero-order chi connectivity index (χ0) is 17.4. The Morgan fingerprint density at radius 2 is 2.08 bits per heavy atom. The Labute approximate surface area is 138 Å². The number of fused-ring (bicyclic) bond motifs is 1. The fourth-order valence-electron chi connectivity index (χ4n) is 3.15. The molecule has 2 atom stereocenters. The van der Waals surface area contributed by atoms with Crippen molar-refractivity contribution in [1.82, 2.24) is 19.4 Å². The first-order valence-electron chi connectivity index (χ1n) is 7.98. The van der Waals surface area contributed by atoms with Gasteiger partial charge in [-0.1, -0.05) is 0 Å². The zero-order valence-corrected chi connectivity index (χ0v) is 14.0. The number of aromatic nitrogens is 3. The Hall–Kier alpha value is -2.48. The second-order valence-electron chi connectivity index (χ2n) is 6.37. The molecule has 0 radical (unpaired) electrons. The van der Waals surface area contributed by atoms with E-state index >= 15 is 0 Å². The molecule has 0 bridgehead atoms. The molecule has 8 nitrogen and oxygen atoms in total. The van der Waals surface area contributed by atoms with E-state index in [0.717, 1.165) is 24.0 Å². The highest BCUT2D eigenvalue weighted by atomic mass is 16.2. The molecule has 24 heavy (non-hydrogen) atoms. The normalized spacial score (nSPS) is 21.0. The van der Waals surface area contributed by atoms with Crippen molar-refractivity contribution in [3.05, 3.63) is 33.1 Å². The number of hydrogen-bond acceptors (Lipinski definition) is 5. The lowest BCUT2D eigenvalue weighted by Crippen LogP contribution is -2.40. The average Bonchev–Trinajstić information content (AvgIpc) is 2.58. The van der Waals surface area contributed by atoms with Gasteiger partial charge in [0.05, 0.1) is 17.3 Å². The molecule has 128 valence electrons. The van der Waals surface area contributed by atoms with Crippen LogP contribution in [0.2, 0.25) is 0 Å². The third-order valence-electron chi connectivity index (χ3n) is 4.56. The number of anilines is 1. The number of carbonyl (C=O) groups excluding carboxylic acids is 1. The Balaban J connectivity index is 1.92. The summed E-state index contributed by atoms with van der Waals surface area (Å²) in [6, 6.07) is 1.89. The molecule has 0 spiro atoms. The first-order chi connectivity index (χ1) is 11.4. The van der Waals surface area contributed by atoms with E-state index in [1.54, 1.807) is 13.1 Å². The number of amides is 1. The van der Waals surface area contributed by atoms with Crippen molar-refractivity contribution >= 4 is 22.6 Å². The van der Waals surface area contributed by atoms with Crippen LogP contribution in [0.1, 0.15) is 19.8 Å². The van der Waals surface area contributed by atoms with E-state index in [1.165, 1.54) is 17.8 Å². The predicted octanol–water partition coefficient (Wildman–Crippen LogP) is -0.0412. The Morgan fingerprint density at radius 1 is 1.33 bits per heavy atom. The van der Waals surface area contributed by atoms with Crippen LogP contribution in [0, 0.1) is 5.92 Å². The van der Waals surface area contributed by atoms with Gasteiger partial charge in [-0.3, -0.25) is 18.7 Å². The van der Waals surface area contributed by atoms with Gasteiger partial charge in [0.2, 0.25) is 5.91 Å². The van der Waals surface area contributed by atoms with Crippen LogP contribution in [0.5, 0.6) is 0 Å². The molecule has 1 aliphatic rings. The molecule has 3 rings (SSSR count). The number of nitrogens with one attached hydrogen (secondary N) is 2. The van der Waals surface area contributed by atoms with Gasteiger partial charge in [0.15, 0.2) is 0 Å². The molecule has 1 amide bonds. The van der Waals surface area contributed by atoms with E-state index in [2.05, 4.69) is 22.5 Å². The average molecular weight is 331 g/mol. The minimum absolute atomic E-state index is 0.0556. The topological polar surface area (TPSA) is 98.0 Å². The number of carbonyl (C=O) groups is 1. The van der Waals surface area contributed by atoms with Gasteiger partial charge in [-0.05, 0) is 32.4 Å². The van der Waals surface area contributed by atoms with Crippen LogP contribution in [0.4, 0.5) is 5.69 Å². The molecule has 1 aliphatic heterocycles. The summed E-state index contributed by atoms with van der Waals surface area (Å²) in [4.78, 5) is 40.8. The fraction of sp³-hybridized carbons (Fsp3) is 0.500. The van der Waals surface area contributed by atoms with Crippen LogP contribution >= 0.6 is 0 Å². The Morgan fingerprint density at radius 3 is 2.79 bits per heavy atom. The Bertz CT molecular complexity index is 914. The molecule has 1 fully saturated rings. The summed E-state index contributed by atoms with van der Waals surface area (Å²) in [6.07, 6.45) is 3.04. The van der Waals surface area contributed by atoms with Crippen molar-refractivity contribution in [2.24, 2.45) is 20.0 Å². The minimum Gasteiger partial charge on any atom is -0.324 e. The van der Waals surface area contributed by atoms with Crippen LogP contribution in [0.15, 0.2) is 21.9 Å².